The topological polar surface area (TPSA) is 86.8 Å². The monoisotopic (exact) mass is 601 g/mol. The minimum Gasteiger partial charge on any atom is -0.352 e. The zero-order valence-corrected chi connectivity index (χ0v) is 25.3. The molecule has 7 nitrogen and oxygen atoms in total. The molecule has 0 unspecified atom stereocenters. The summed E-state index contributed by atoms with van der Waals surface area (Å²) < 4.78 is 42.5. The zero-order valence-electron chi connectivity index (χ0n) is 24.5. The second kappa shape index (κ2) is 14.1. The van der Waals surface area contributed by atoms with Gasteiger partial charge in [-0.05, 0) is 73.9 Å². The third-order valence-electron chi connectivity index (χ3n) is 7.03. The molecule has 43 heavy (non-hydrogen) atoms. The maximum Gasteiger partial charge on any atom is 0.264 e. The normalized spacial score (nSPS) is 12.0. The van der Waals surface area contributed by atoms with Gasteiger partial charge in [-0.3, -0.25) is 13.9 Å². The smallest absolute Gasteiger partial charge is 0.264 e. The zero-order chi connectivity index (χ0) is 31.0. The second-order valence-electron chi connectivity index (χ2n) is 10.6. The van der Waals surface area contributed by atoms with Crippen molar-refractivity contribution in [2.75, 3.05) is 10.8 Å². The van der Waals surface area contributed by atoms with Crippen LogP contribution in [-0.4, -0.2) is 43.8 Å². The highest BCUT2D eigenvalue weighted by Crippen LogP contribution is 2.25. The lowest BCUT2D eigenvalue weighted by Gasteiger charge is -2.34. The predicted molar refractivity (Wildman–Crippen MR) is 166 cm³/mol. The van der Waals surface area contributed by atoms with Gasteiger partial charge >= 0.3 is 0 Å². The summed E-state index contributed by atoms with van der Waals surface area (Å²) in [6.07, 6.45) is 0.229. The number of aryl methyl sites for hydroxylation is 1. The Morgan fingerprint density at radius 3 is 2.00 bits per heavy atom. The Kier molecular flexibility index (Phi) is 10.3. The van der Waals surface area contributed by atoms with E-state index < -0.39 is 34.3 Å². The average Bonchev–Trinajstić information content (AvgIpc) is 2.99. The van der Waals surface area contributed by atoms with Gasteiger partial charge in [-0.2, -0.15) is 0 Å². The molecule has 0 saturated carbocycles. The molecule has 0 heterocycles. The molecule has 0 aliphatic rings. The van der Waals surface area contributed by atoms with Crippen molar-refractivity contribution in [3.8, 4) is 0 Å². The van der Waals surface area contributed by atoms with Gasteiger partial charge in [0.15, 0.2) is 0 Å². The van der Waals surface area contributed by atoms with Gasteiger partial charge in [0.25, 0.3) is 10.0 Å². The maximum absolute atomic E-state index is 14.4. The molecule has 0 fully saturated rings. The number of benzene rings is 4. The van der Waals surface area contributed by atoms with E-state index in [2.05, 4.69) is 5.32 Å². The number of sulfonamides is 1. The van der Waals surface area contributed by atoms with Gasteiger partial charge in [0.2, 0.25) is 11.8 Å². The van der Waals surface area contributed by atoms with Crippen LogP contribution in [0.25, 0.3) is 0 Å². The molecule has 4 rings (SSSR count). The van der Waals surface area contributed by atoms with E-state index in [-0.39, 0.29) is 35.5 Å². The summed E-state index contributed by atoms with van der Waals surface area (Å²) in [5, 5.41) is 2.95. The van der Waals surface area contributed by atoms with Gasteiger partial charge in [0.05, 0.1) is 10.6 Å². The first-order valence-corrected chi connectivity index (χ1v) is 15.5. The van der Waals surface area contributed by atoms with E-state index in [4.69, 9.17) is 0 Å². The number of anilines is 1. The molecule has 2 amide bonds. The van der Waals surface area contributed by atoms with E-state index in [1.165, 1.54) is 17.0 Å². The fourth-order valence-corrected chi connectivity index (χ4v) is 6.18. The fourth-order valence-electron chi connectivity index (χ4n) is 4.76. The van der Waals surface area contributed by atoms with Crippen molar-refractivity contribution in [1.82, 2.24) is 10.2 Å². The molecule has 1 N–H and O–H groups in total. The van der Waals surface area contributed by atoms with Crippen LogP contribution in [-0.2, 0) is 32.6 Å². The van der Waals surface area contributed by atoms with Crippen LogP contribution in [0.1, 0.15) is 30.5 Å². The van der Waals surface area contributed by atoms with Crippen LogP contribution in [0.2, 0.25) is 0 Å². The number of hydrogen-bond acceptors (Lipinski definition) is 4. The van der Waals surface area contributed by atoms with Crippen molar-refractivity contribution < 1.29 is 22.4 Å². The summed E-state index contributed by atoms with van der Waals surface area (Å²) in [5.41, 5.74) is 2.89. The molecular formula is C34H36FN3O4S. The van der Waals surface area contributed by atoms with Crippen LogP contribution in [0.5, 0.6) is 0 Å². The molecule has 9 heteroatoms. The molecule has 0 bridgehead atoms. The van der Waals surface area contributed by atoms with Crippen molar-refractivity contribution in [2.45, 2.75) is 50.7 Å². The van der Waals surface area contributed by atoms with Gasteiger partial charge in [-0.1, -0.05) is 72.8 Å². The third kappa shape index (κ3) is 8.08. The molecule has 224 valence electrons. The van der Waals surface area contributed by atoms with Gasteiger partial charge in [0.1, 0.15) is 18.4 Å². The second-order valence-corrected chi connectivity index (χ2v) is 12.5. The van der Waals surface area contributed by atoms with E-state index >= 15 is 0 Å². The first-order chi connectivity index (χ1) is 20.6. The summed E-state index contributed by atoms with van der Waals surface area (Å²) in [4.78, 5) is 29.4. The molecule has 0 aliphatic carbocycles. The van der Waals surface area contributed by atoms with Crippen molar-refractivity contribution in [2.24, 2.45) is 0 Å². The number of carbonyl (C=O) groups excluding carboxylic acids is 2. The van der Waals surface area contributed by atoms with Crippen LogP contribution < -0.4 is 9.62 Å². The number of nitrogens with one attached hydrogen (secondary N) is 1. The van der Waals surface area contributed by atoms with E-state index in [9.17, 15) is 22.4 Å². The lowest BCUT2D eigenvalue weighted by Crippen LogP contribution is -2.54. The first kappa shape index (κ1) is 31.4. The number of hydrogen-bond donors (Lipinski definition) is 1. The van der Waals surface area contributed by atoms with Crippen LogP contribution in [0.3, 0.4) is 0 Å². The number of amides is 2. The fraction of sp³-hybridized carbons (Fsp3) is 0.235. The lowest BCUT2D eigenvalue weighted by atomic mass is 10.0. The highest BCUT2D eigenvalue weighted by atomic mass is 32.2. The molecule has 0 aromatic heterocycles. The average molecular weight is 602 g/mol. The molecule has 0 aliphatic heterocycles. The van der Waals surface area contributed by atoms with E-state index in [0.29, 0.717) is 0 Å². The number of rotatable bonds is 12. The summed E-state index contributed by atoms with van der Waals surface area (Å²) in [7, 11) is -4.29. The van der Waals surface area contributed by atoms with Gasteiger partial charge in [0, 0.05) is 19.0 Å². The Bertz CT molecular complexity index is 1630. The lowest BCUT2D eigenvalue weighted by molar-refractivity contribution is -0.140. The Hall–Kier alpha value is -4.50. The highest BCUT2D eigenvalue weighted by Gasteiger charge is 2.35. The summed E-state index contributed by atoms with van der Waals surface area (Å²) in [6, 6.07) is 28.6. The Labute approximate surface area is 253 Å². The molecule has 4 aromatic carbocycles. The van der Waals surface area contributed by atoms with Gasteiger partial charge in [-0.15, -0.1) is 0 Å². The van der Waals surface area contributed by atoms with Crippen molar-refractivity contribution in [3.63, 3.8) is 0 Å². The number of nitrogens with zero attached hydrogens (tertiary/aromatic N) is 2. The van der Waals surface area contributed by atoms with Crippen LogP contribution >= 0.6 is 0 Å². The van der Waals surface area contributed by atoms with Crippen LogP contribution in [0, 0.1) is 12.7 Å². The van der Waals surface area contributed by atoms with E-state index in [0.717, 1.165) is 33.1 Å². The highest BCUT2D eigenvalue weighted by molar-refractivity contribution is 7.92. The Balaban J connectivity index is 1.79. The van der Waals surface area contributed by atoms with Crippen molar-refractivity contribution in [3.05, 3.63) is 132 Å². The van der Waals surface area contributed by atoms with Gasteiger partial charge < -0.3 is 10.2 Å². The number of carbonyl (C=O) groups is 2. The maximum atomic E-state index is 14.4. The SMILES string of the molecule is Cc1ccccc1CN(C(=O)CN(c1ccccc1)S(=O)(=O)c1ccc(F)cc1)[C@@H](Cc1ccccc1)C(=O)NC(C)C. The summed E-state index contributed by atoms with van der Waals surface area (Å²) in [5.74, 6) is -1.48. The molecule has 0 radical (unpaired) electrons. The number of halogens is 1. The van der Waals surface area contributed by atoms with Crippen molar-refractivity contribution in [1.29, 1.82) is 0 Å². The molecule has 1 atom stereocenters. The Morgan fingerprint density at radius 2 is 1.40 bits per heavy atom. The molecule has 0 saturated heterocycles. The molecule has 0 spiro atoms. The largest absolute Gasteiger partial charge is 0.352 e. The Morgan fingerprint density at radius 1 is 0.814 bits per heavy atom. The standard InChI is InChI=1S/C34H36FN3O4S/c1-25(2)36-34(40)32(22-27-13-6-4-7-14-27)37(23-28-15-11-10-12-26(28)3)33(39)24-38(30-16-8-5-9-17-30)43(41,42)31-20-18-29(35)19-21-31/h4-21,25,32H,22-24H2,1-3H3,(H,36,40)/t32-/m0/s1. The summed E-state index contributed by atoms with van der Waals surface area (Å²) in [6.45, 7) is 5.13. The predicted octanol–water partition coefficient (Wildman–Crippen LogP) is 5.49. The minimum absolute atomic E-state index is 0.0910. The number of para-hydroxylation sites is 1. The third-order valence-corrected chi connectivity index (χ3v) is 8.82. The molecule has 4 aromatic rings. The van der Waals surface area contributed by atoms with Crippen molar-refractivity contribution >= 4 is 27.5 Å². The van der Waals surface area contributed by atoms with Gasteiger partial charge in [-0.25, -0.2) is 12.8 Å². The van der Waals surface area contributed by atoms with E-state index in [1.54, 1.807) is 30.3 Å². The molecular weight excluding hydrogens is 565 g/mol. The van der Waals surface area contributed by atoms with Crippen LogP contribution in [0.15, 0.2) is 114 Å². The van der Waals surface area contributed by atoms with Crippen LogP contribution in [0.4, 0.5) is 10.1 Å². The quantitative estimate of drug-likeness (QED) is 0.233. The summed E-state index contributed by atoms with van der Waals surface area (Å²) >= 11 is 0. The van der Waals surface area contributed by atoms with E-state index in [1.807, 2.05) is 75.4 Å². The first-order valence-electron chi connectivity index (χ1n) is 14.1. The minimum atomic E-state index is -4.29.